The quantitative estimate of drug-likeness (QED) is 0.371. The summed E-state index contributed by atoms with van der Waals surface area (Å²) in [5.74, 6) is -0.0422. The predicted molar refractivity (Wildman–Crippen MR) is 78.4 cm³/mol. The zero-order chi connectivity index (χ0) is 16.6. The molecule has 0 saturated heterocycles. The van der Waals surface area contributed by atoms with Gasteiger partial charge < -0.3 is 15.3 Å². The molecule has 22 heavy (non-hydrogen) atoms. The van der Waals surface area contributed by atoms with Crippen LogP contribution in [0.15, 0.2) is 60.9 Å². The fourth-order valence-corrected chi connectivity index (χ4v) is 1.69. The minimum Gasteiger partial charge on any atom is -0.356 e. The second-order valence-electron chi connectivity index (χ2n) is 4.76. The van der Waals surface area contributed by atoms with Crippen LogP contribution >= 0.6 is 0 Å². The van der Waals surface area contributed by atoms with E-state index in [9.17, 15) is 4.79 Å². The second kappa shape index (κ2) is 7.72. The topological polar surface area (TPSA) is 96.4 Å². The molecule has 1 heterocycles. The lowest BCUT2D eigenvalue weighted by molar-refractivity contribution is -0.902. The van der Waals surface area contributed by atoms with Crippen molar-refractivity contribution in [1.29, 1.82) is 0 Å². The molecule has 0 bridgehead atoms. The number of carbonyl (C=O) groups excluding carboxylic acids is 1. The highest BCUT2D eigenvalue weighted by molar-refractivity contribution is 6.01. The highest BCUT2D eigenvalue weighted by Gasteiger charge is 2.35. The molecule has 0 amide bonds. The van der Waals surface area contributed by atoms with Gasteiger partial charge in [0.05, 0.1) is 5.09 Å². The van der Waals surface area contributed by atoms with Crippen LogP contribution in [0, 0.1) is 15.3 Å². The van der Waals surface area contributed by atoms with E-state index < -0.39 is 10.7 Å². The summed E-state index contributed by atoms with van der Waals surface area (Å²) < 4.78 is 1.54. The predicted octanol–water partition coefficient (Wildman–Crippen LogP) is 1.83. The number of hydrogen-bond donors (Lipinski definition) is 0. The maximum absolute atomic E-state index is 12.3. The normalized spacial score (nSPS) is 10.1. The first-order valence-corrected chi connectivity index (χ1v) is 6.40. The van der Waals surface area contributed by atoms with Crippen LogP contribution in [0.2, 0.25) is 0 Å². The molecule has 0 radical (unpaired) electrons. The minimum absolute atomic E-state index is 0.0422. The lowest BCUT2D eigenvalue weighted by atomic mass is 9.97. The van der Waals surface area contributed by atoms with Gasteiger partial charge in [-0.05, 0) is 13.8 Å². The average Bonchev–Trinajstić information content (AvgIpc) is 2.47. The molecule has 0 unspecified atom stereocenters. The van der Waals surface area contributed by atoms with Crippen molar-refractivity contribution in [2.75, 3.05) is 0 Å². The molecule has 7 heteroatoms. The smallest absolute Gasteiger partial charge is 0.236 e. The maximum atomic E-state index is 12.3. The lowest BCUT2D eigenvalue weighted by Gasteiger charge is -2.18. The third-order valence-electron chi connectivity index (χ3n) is 2.60. The SMILES string of the molecule is CC(C)(O[n+]1ccccc1)C(=O)c1ccccc1.O=[N+]([O-])[O-]. The molecule has 0 saturated carbocycles. The first-order chi connectivity index (χ1) is 10.3. The largest absolute Gasteiger partial charge is 0.356 e. The Morgan fingerprint density at radius 3 is 2.00 bits per heavy atom. The molecule has 0 aliphatic rings. The maximum Gasteiger partial charge on any atom is 0.236 e. The van der Waals surface area contributed by atoms with Crippen molar-refractivity contribution in [2.24, 2.45) is 0 Å². The molecular formula is C15H16N2O5. The average molecular weight is 304 g/mol. The molecule has 0 spiro atoms. The zero-order valence-electron chi connectivity index (χ0n) is 12.2. The number of carbonyl (C=O) groups is 1. The standard InChI is InChI=1S/C15H16NO2.NO3/c1-15(2,18-16-11-7-4-8-12-16)14(17)13-9-5-3-6-10-13;2-1(3)4/h3-12H,1-2H3;/q+1;-1. The number of Topliss-reactive ketones (excluding diaryl/α,β-unsaturated/α-hetero) is 1. The monoisotopic (exact) mass is 304 g/mol. The van der Waals surface area contributed by atoms with Gasteiger partial charge in [0.25, 0.3) is 0 Å². The van der Waals surface area contributed by atoms with Crippen molar-refractivity contribution in [2.45, 2.75) is 19.4 Å². The molecule has 0 aliphatic heterocycles. The molecule has 116 valence electrons. The third-order valence-corrected chi connectivity index (χ3v) is 2.60. The third kappa shape index (κ3) is 5.58. The van der Waals surface area contributed by atoms with Crippen LogP contribution in [0.25, 0.3) is 0 Å². The Hall–Kier alpha value is -2.96. The Morgan fingerprint density at radius 1 is 1.05 bits per heavy atom. The van der Waals surface area contributed by atoms with Crippen LogP contribution in [-0.4, -0.2) is 16.5 Å². The molecular weight excluding hydrogens is 288 g/mol. The summed E-state index contributed by atoms with van der Waals surface area (Å²) in [5, 5.41) is 14.8. The minimum atomic E-state index is -1.75. The van der Waals surface area contributed by atoms with Gasteiger partial charge in [0.15, 0.2) is 0 Å². The molecule has 7 nitrogen and oxygen atoms in total. The van der Waals surface area contributed by atoms with E-state index in [4.69, 9.17) is 20.2 Å². The van der Waals surface area contributed by atoms with Crippen molar-refractivity contribution in [3.63, 3.8) is 0 Å². The van der Waals surface area contributed by atoms with Gasteiger partial charge in [-0.25, -0.2) is 0 Å². The number of aromatic nitrogens is 1. The van der Waals surface area contributed by atoms with Gasteiger partial charge in [0, 0.05) is 22.4 Å². The van der Waals surface area contributed by atoms with Gasteiger partial charge in [-0.1, -0.05) is 36.4 Å². The van der Waals surface area contributed by atoms with Crippen molar-refractivity contribution >= 4 is 5.78 Å². The van der Waals surface area contributed by atoms with Crippen molar-refractivity contribution in [3.05, 3.63) is 81.8 Å². The Kier molecular flexibility index (Phi) is 6.00. The Morgan fingerprint density at radius 2 is 1.50 bits per heavy atom. The molecule has 1 aromatic carbocycles. The zero-order valence-corrected chi connectivity index (χ0v) is 12.2. The van der Waals surface area contributed by atoms with Crippen LogP contribution in [-0.2, 0) is 0 Å². The summed E-state index contributed by atoms with van der Waals surface area (Å²) in [5.41, 5.74) is -0.257. The van der Waals surface area contributed by atoms with Crippen LogP contribution in [0.4, 0.5) is 0 Å². The fourth-order valence-electron chi connectivity index (χ4n) is 1.69. The van der Waals surface area contributed by atoms with Gasteiger partial charge in [0.1, 0.15) is 0 Å². The van der Waals surface area contributed by atoms with Gasteiger partial charge in [0.2, 0.25) is 23.8 Å². The second-order valence-corrected chi connectivity index (χ2v) is 4.76. The number of ketones is 1. The van der Waals surface area contributed by atoms with Crippen molar-refractivity contribution in [3.8, 4) is 0 Å². The van der Waals surface area contributed by atoms with Crippen molar-refractivity contribution < 1.29 is 19.4 Å². The van der Waals surface area contributed by atoms with E-state index in [0.29, 0.717) is 5.56 Å². The summed E-state index contributed by atoms with van der Waals surface area (Å²) in [4.78, 5) is 26.3. The number of rotatable bonds is 4. The van der Waals surface area contributed by atoms with Gasteiger partial charge in [-0.15, -0.1) is 0 Å². The molecule has 0 fully saturated rings. The Balaban J connectivity index is 0.000000541. The first-order valence-electron chi connectivity index (χ1n) is 6.40. The van der Waals surface area contributed by atoms with Crippen LogP contribution in [0.5, 0.6) is 0 Å². The number of pyridine rings is 1. The Labute approximate surface area is 127 Å². The molecule has 2 rings (SSSR count). The van der Waals surface area contributed by atoms with Gasteiger partial charge in [-0.2, -0.15) is 0 Å². The van der Waals surface area contributed by atoms with E-state index in [0.717, 1.165) is 0 Å². The number of hydrogen-bond acceptors (Lipinski definition) is 5. The highest BCUT2D eigenvalue weighted by Crippen LogP contribution is 2.13. The molecule has 0 atom stereocenters. The molecule has 0 N–H and O–H groups in total. The lowest BCUT2D eigenvalue weighted by Crippen LogP contribution is -2.55. The van der Waals surface area contributed by atoms with Crippen LogP contribution in [0.3, 0.4) is 0 Å². The van der Waals surface area contributed by atoms with Crippen LogP contribution < -0.4 is 9.57 Å². The number of benzene rings is 1. The summed E-state index contributed by atoms with van der Waals surface area (Å²) >= 11 is 0. The fraction of sp³-hybridized carbons (Fsp3) is 0.200. The van der Waals surface area contributed by atoms with Crippen LogP contribution in [0.1, 0.15) is 24.2 Å². The molecule has 2 aromatic rings. The summed E-state index contributed by atoms with van der Waals surface area (Å²) in [6.45, 7) is 3.53. The summed E-state index contributed by atoms with van der Waals surface area (Å²) in [7, 11) is 0. The van der Waals surface area contributed by atoms with Crippen molar-refractivity contribution in [1.82, 2.24) is 0 Å². The first kappa shape index (κ1) is 17.1. The summed E-state index contributed by atoms with van der Waals surface area (Å²) in [6, 6.07) is 14.8. The molecule has 1 aromatic heterocycles. The van der Waals surface area contributed by atoms with Gasteiger partial charge >= 0.3 is 0 Å². The van der Waals surface area contributed by atoms with Gasteiger partial charge in [-0.3, -0.25) is 9.63 Å². The van der Waals surface area contributed by atoms with E-state index in [2.05, 4.69) is 0 Å². The Bertz CT molecular complexity index is 610. The summed E-state index contributed by atoms with van der Waals surface area (Å²) in [6.07, 6.45) is 3.53. The number of nitrogens with zero attached hydrogens (tertiary/aromatic N) is 2. The van der Waals surface area contributed by atoms with E-state index in [1.165, 1.54) is 0 Å². The van der Waals surface area contributed by atoms with E-state index in [1.807, 2.05) is 36.4 Å². The van der Waals surface area contributed by atoms with E-state index in [-0.39, 0.29) is 5.78 Å². The van der Waals surface area contributed by atoms with E-state index in [1.54, 1.807) is 43.1 Å². The molecule has 0 aliphatic carbocycles. The van der Waals surface area contributed by atoms with E-state index >= 15 is 0 Å². The highest BCUT2D eigenvalue weighted by atomic mass is 16.9.